The molecular weight excluding hydrogens is 336 g/mol. The van der Waals surface area contributed by atoms with Crippen LogP contribution in [-0.2, 0) is 0 Å². The molecule has 5 heteroatoms. The number of halogens is 1. The summed E-state index contributed by atoms with van der Waals surface area (Å²) in [5.74, 6) is 0. The maximum atomic E-state index is 12.7. The van der Waals surface area contributed by atoms with E-state index in [-0.39, 0.29) is 24.1 Å². The van der Waals surface area contributed by atoms with E-state index in [9.17, 15) is 9.90 Å². The molecule has 2 N–H and O–H groups in total. The number of nitrogens with zero attached hydrogens (tertiary/aromatic N) is 1. The van der Waals surface area contributed by atoms with Gasteiger partial charge in [0.1, 0.15) is 0 Å². The lowest BCUT2D eigenvalue weighted by Crippen LogP contribution is -2.44. The average molecular weight is 361 g/mol. The molecule has 0 aliphatic rings. The van der Waals surface area contributed by atoms with Crippen molar-refractivity contribution < 1.29 is 9.90 Å². The van der Waals surface area contributed by atoms with Crippen LogP contribution < -0.4 is 5.32 Å². The molecule has 2 amide bonds. The minimum Gasteiger partial charge on any atom is -0.396 e. The summed E-state index contributed by atoms with van der Waals surface area (Å²) in [4.78, 5) is 14.3. The first-order valence-electron chi connectivity index (χ1n) is 8.25. The van der Waals surface area contributed by atoms with Gasteiger partial charge >= 0.3 is 6.03 Å². The summed E-state index contributed by atoms with van der Waals surface area (Å²) < 4.78 is 0. The Hall–Kier alpha value is -2.04. The number of rotatable bonds is 6. The second-order valence-corrected chi connectivity index (χ2v) is 7.46. The molecule has 0 aliphatic heterocycles. The van der Waals surface area contributed by atoms with E-state index < -0.39 is 0 Å². The molecule has 0 aliphatic carbocycles. The summed E-state index contributed by atoms with van der Waals surface area (Å²) in [6, 6.07) is 16.8. The fourth-order valence-electron chi connectivity index (χ4n) is 2.66. The zero-order valence-corrected chi connectivity index (χ0v) is 15.6. The Morgan fingerprint density at radius 1 is 1.12 bits per heavy atom. The van der Waals surface area contributed by atoms with Gasteiger partial charge in [0.15, 0.2) is 0 Å². The predicted molar refractivity (Wildman–Crippen MR) is 102 cm³/mol. The molecule has 0 fully saturated rings. The van der Waals surface area contributed by atoms with Gasteiger partial charge < -0.3 is 15.3 Å². The van der Waals surface area contributed by atoms with Crippen LogP contribution in [0.4, 0.5) is 4.79 Å². The van der Waals surface area contributed by atoms with Gasteiger partial charge in [-0.15, -0.1) is 0 Å². The van der Waals surface area contributed by atoms with Gasteiger partial charge in [0, 0.05) is 30.6 Å². The third-order valence-corrected chi connectivity index (χ3v) is 4.30. The highest BCUT2D eigenvalue weighted by molar-refractivity contribution is 6.30. The van der Waals surface area contributed by atoms with E-state index >= 15 is 0 Å². The van der Waals surface area contributed by atoms with Crippen molar-refractivity contribution >= 4 is 17.6 Å². The molecule has 25 heavy (non-hydrogen) atoms. The SMILES string of the molecule is CN(CC(C)(C)CO)C(=O)N[C@@H](c1ccccc1)c1ccc(Cl)cc1. The number of benzene rings is 2. The number of aliphatic hydroxyl groups excluding tert-OH is 1. The Labute approximate surface area is 154 Å². The van der Waals surface area contributed by atoms with Crippen molar-refractivity contribution in [2.24, 2.45) is 5.41 Å². The number of urea groups is 1. The predicted octanol–water partition coefficient (Wildman–Crippen LogP) is 4.09. The molecule has 0 bridgehead atoms. The third kappa shape index (κ3) is 5.48. The van der Waals surface area contributed by atoms with Crippen LogP contribution in [0.1, 0.15) is 31.0 Å². The fourth-order valence-corrected chi connectivity index (χ4v) is 2.78. The highest BCUT2D eigenvalue weighted by Gasteiger charge is 2.24. The molecule has 0 unspecified atom stereocenters. The molecule has 4 nitrogen and oxygen atoms in total. The summed E-state index contributed by atoms with van der Waals surface area (Å²) in [7, 11) is 1.73. The molecule has 1 atom stereocenters. The molecule has 134 valence electrons. The number of nitrogens with one attached hydrogen (secondary N) is 1. The van der Waals surface area contributed by atoms with Crippen molar-refractivity contribution in [3.8, 4) is 0 Å². The molecule has 0 saturated carbocycles. The van der Waals surface area contributed by atoms with E-state index in [0.717, 1.165) is 11.1 Å². The van der Waals surface area contributed by atoms with Crippen LogP contribution >= 0.6 is 11.6 Å². The fraction of sp³-hybridized carbons (Fsp3) is 0.350. The highest BCUT2D eigenvalue weighted by Crippen LogP contribution is 2.24. The molecule has 0 radical (unpaired) electrons. The molecule has 0 saturated heterocycles. The van der Waals surface area contributed by atoms with Crippen LogP contribution in [0.3, 0.4) is 0 Å². The lowest BCUT2D eigenvalue weighted by molar-refractivity contribution is 0.121. The zero-order chi connectivity index (χ0) is 18.4. The average Bonchev–Trinajstić information content (AvgIpc) is 2.60. The van der Waals surface area contributed by atoms with Crippen molar-refractivity contribution in [1.82, 2.24) is 10.2 Å². The minimum absolute atomic E-state index is 0.0178. The normalized spacial score (nSPS) is 12.5. The van der Waals surface area contributed by atoms with E-state index in [0.29, 0.717) is 11.6 Å². The molecular formula is C20H25ClN2O2. The maximum absolute atomic E-state index is 12.7. The number of aliphatic hydroxyl groups is 1. The van der Waals surface area contributed by atoms with Gasteiger partial charge in [-0.1, -0.05) is 67.9 Å². The quantitative estimate of drug-likeness (QED) is 0.815. The van der Waals surface area contributed by atoms with Gasteiger partial charge in [-0.2, -0.15) is 0 Å². The van der Waals surface area contributed by atoms with Crippen LogP contribution in [0.25, 0.3) is 0 Å². The Morgan fingerprint density at radius 2 is 1.68 bits per heavy atom. The van der Waals surface area contributed by atoms with Crippen molar-refractivity contribution in [3.05, 3.63) is 70.7 Å². The molecule has 0 aromatic heterocycles. The number of amides is 2. The molecule has 2 rings (SSSR count). The maximum Gasteiger partial charge on any atom is 0.317 e. The van der Waals surface area contributed by atoms with Crippen molar-refractivity contribution in [2.45, 2.75) is 19.9 Å². The Balaban J connectivity index is 2.22. The lowest BCUT2D eigenvalue weighted by atomic mass is 9.94. The number of hydrogen-bond acceptors (Lipinski definition) is 2. The topological polar surface area (TPSA) is 52.6 Å². The summed E-state index contributed by atoms with van der Waals surface area (Å²) in [6.45, 7) is 4.32. The number of carbonyl (C=O) groups excluding carboxylic acids is 1. The first-order chi connectivity index (χ1) is 11.8. The van der Waals surface area contributed by atoms with E-state index in [4.69, 9.17) is 11.6 Å². The molecule has 0 spiro atoms. The van der Waals surface area contributed by atoms with Crippen molar-refractivity contribution in [3.63, 3.8) is 0 Å². The Bertz CT molecular complexity index is 687. The van der Waals surface area contributed by atoms with E-state index in [2.05, 4.69) is 5.32 Å². The number of hydrogen-bond donors (Lipinski definition) is 2. The Kier molecular flexibility index (Phi) is 6.45. The van der Waals surface area contributed by atoms with Crippen LogP contribution in [0, 0.1) is 5.41 Å². The van der Waals surface area contributed by atoms with Crippen LogP contribution in [-0.4, -0.2) is 36.2 Å². The van der Waals surface area contributed by atoms with Gasteiger partial charge in [-0.3, -0.25) is 0 Å². The van der Waals surface area contributed by atoms with Gasteiger partial charge in [-0.25, -0.2) is 4.79 Å². The highest BCUT2D eigenvalue weighted by atomic mass is 35.5. The van der Waals surface area contributed by atoms with Crippen LogP contribution in [0.15, 0.2) is 54.6 Å². The molecule has 2 aromatic rings. The monoisotopic (exact) mass is 360 g/mol. The van der Waals surface area contributed by atoms with Crippen molar-refractivity contribution in [1.29, 1.82) is 0 Å². The summed E-state index contributed by atoms with van der Waals surface area (Å²) in [5, 5.41) is 13.2. The minimum atomic E-state index is -0.353. The van der Waals surface area contributed by atoms with Crippen LogP contribution in [0.5, 0.6) is 0 Å². The summed E-state index contributed by atoms with van der Waals surface area (Å²) >= 11 is 5.99. The lowest BCUT2D eigenvalue weighted by Gasteiger charge is -2.30. The van der Waals surface area contributed by atoms with Gasteiger partial charge in [-0.05, 0) is 23.3 Å². The third-order valence-electron chi connectivity index (χ3n) is 4.04. The standard InChI is InChI=1S/C20H25ClN2O2/c1-20(2,14-24)13-23(3)19(25)22-18(15-7-5-4-6-8-15)16-9-11-17(21)12-10-16/h4-12,18,24H,13-14H2,1-3H3,(H,22,25)/t18-/m0/s1. The van der Waals surface area contributed by atoms with Gasteiger partial charge in [0.25, 0.3) is 0 Å². The van der Waals surface area contributed by atoms with Gasteiger partial charge in [0.05, 0.1) is 6.04 Å². The Morgan fingerprint density at radius 3 is 2.24 bits per heavy atom. The first kappa shape index (κ1) is 19.3. The largest absolute Gasteiger partial charge is 0.396 e. The molecule has 2 aromatic carbocycles. The second-order valence-electron chi connectivity index (χ2n) is 7.02. The van der Waals surface area contributed by atoms with E-state index in [1.807, 2.05) is 68.4 Å². The van der Waals surface area contributed by atoms with Crippen molar-refractivity contribution in [2.75, 3.05) is 20.2 Å². The first-order valence-corrected chi connectivity index (χ1v) is 8.63. The summed E-state index contributed by atoms with van der Waals surface area (Å²) in [6.07, 6.45) is 0. The van der Waals surface area contributed by atoms with E-state index in [1.54, 1.807) is 11.9 Å². The second kappa shape index (κ2) is 8.37. The zero-order valence-electron chi connectivity index (χ0n) is 14.9. The van der Waals surface area contributed by atoms with E-state index in [1.165, 1.54) is 0 Å². The van der Waals surface area contributed by atoms with Crippen LogP contribution in [0.2, 0.25) is 5.02 Å². The summed E-state index contributed by atoms with van der Waals surface area (Å²) in [5.41, 5.74) is 1.60. The molecule has 0 heterocycles. The van der Waals surface area contributed by atoms with Gasteiger partial charge in [0.2, 0.25) is 0 Å². The number of carbonyl (C=O) groups is 1. The smallest absolute Gasteiger partial charge is 0.317 e.